The van der Waals surface area contributed by atoms with Crippen molar-refractivity contribution in [3.05, 3.63) is 34.7 Å². The van der Waals surface area contributed by atoms with Gasteiger partial charge in [0, 0.05) is 34.7 Å². The third-order valence-electron chi connectivity index (χ3n) is 3.16. The fourth-order valence-electron chi connectivity index (χ4n) is 2.04. The molecule has 0 aliphatic rings. The number of rotatable bonds is 7. The van der Waals surface area contributed by atoms with Crippen molar-refractivity contribution in [2.24, 2.45) is 0 Å². The molecular weight excluding hydrogens is 312 g/mol. The molecule has 1 aromatic heterocycles. The van der Waals surface area contributed by atoms with Crippen LogP contribution in [-0.4, -0.2) is 30.8 Å². The zero-order valence-electron chi connectivity index (χ0n) is 12.8. The highest BCUT2D eigenvalue weighted by molar-refractivity contribution is 7.19. The molecule has 0 spiro atoms. The van der Waals surface area contributed by atoms with E-state index in [2.05, 4.69) is 5.32 Å². The van der Waals surface area contributed by atoms with Crippen LogP contribution in [0.1, 0.15) is 18.2 Å². The van der Waals surface area contributed by atoms with E-state index in [9.17, 15) is 15.2 Å². The van der Waals surface area contributed by atoms with Gasteiger partial charge in [0.1, 0.15) is 17.4 Å². The van der Waals surface area contributed by atoms with Crippen LogP contribution in [0, 0.1) is 11.3 Å². The molecule has 2 N–H and O–H groups in total. The molecule has 5 nitrogen and oxygen atoms in total. The van der Waals surface area contributed by atoms with Crippen LogP contribution >= 0.6 is 11.3 Å². The molecule has 2 aromatic rings. The SMILES string of the molecule is CCOCCCNC(=O)C(C#N)=Cc1cc2c(O)cccc2s1. The number of nitriles is 1. The maximum absolute atomic E-state index is 12.0. The lowest BCUT2D eigenvalue weighted by molar-refractivity contribution is -0.117. The molecular formula is C17H18N2O3S. The average molecular weight is 330 g/mol. The first-order chi connectivity index (χ1) is 11.2. The Morgan fingerprint density at radius 2 is 2.35 bits per heavy atom. The quantitative estimate of drug-likeness (QED) is 0.464. The Hall–Kier alpha value is -2.36. The van der Waals surface area contributed by atoms with Crippen molar-refractivity contribution in [1.29, 1.82) is 5.26 Å². The molecule has 0 atom stereocenters. The first-order valence-electron chi connectivity index (χ1n) is 7.35. The van der Waals surface area contributed by atoms with Crippen LogP contribution in [-0.2, 0) is 9.53 Å². The summed E-state index contributed by atoms with van der Waals surface area (Å²) in [6.07, 6.45) is 2.25. The summed E-state index contributed by atoms with van der Waals surface area (Å²) >= 11 is 1.42. The predicted octanol–water partition coefficient (Wildman–Crippen LogP) is 3.06. The van der Waals surface area contributed by atoms with Gasteiger partial charge in [-0.1, -0.05) is 6.07 Å². The van der Waals surface area contributed by atoms with Gasteiger partial charge in [-0.05, 0) is 37.6 Å². The summed E-state index contributed by atoms with van der Waals surface area (Å²) in [5, 5.41) is 22.4. The zero-order valence-corrected chi connectivity index (χ0v) is 13.7. The van der Waals surface area contributed by atoms with Crippen LogP contribution in [0.5, 0.6) is 5.75 Å². The number of phenolic OH excluding ortho intramolecular Hbond substituents is 1. The van der Waals surface area contributed by atoms with Crippen molar-refractivity contribution in [2.75, 3.05) is 19.8 Å². The van der Waals surface area contributed by atoms with Crippen molar-refractivity contribution in [2.45, 2.75) is 13.3 Å². The molecule has 0 fully saturated rings. The molecule has 0 saturated heterocycles. The van der Waals surface area contributed by atoms with Gasteiger partial charge in [0.2, 0.25) is 0 Å². The molecule has 0 bridgehead atoms. The Balaban J connectivity index is 2.06. The zero-order chi connectivity index (χ0) is 16.7. The van der Waals surface area contributed by atoms with E-state index in [0.29, 0.717) is 26.2 Å². The van der Waals surface area contributed by atoms with E-state index in [1.807, 2.05) is 19.1 Å². The summed E-state index contributed by atoms with van der Waals surface area (Å²) < 4.78 is 6.10. The maximum Gasteiger partial charge on any atom is 0.261 e. The average Bonchev–Trinajstić information content (AvgIpc) is 2.96. The summed E-state index contributed by atoms with van der Waals surface area (Å²) in [4.78, 5) is 12.8. The summed E-state index contributed by atoms with van der Waals surface area (Å²) in [5.74, 6) is -0.206. The van der Waals surface area contributed by atoms with Crippen molar-refractivity contribution in [3.8, 4) is 11.8 Å². The third kappa shape index (κ3) is 4.55. The Kier molecular flexibility index (Phi) is 6.15. The van der Waals surface area contributed by atoms with E-state index in [1.165, 1.54) is 11.3 Å². The number of carbonyl (C=O) groups excluding carboxylic acids is 1. The van der Waals surface area contributed by atoms with Crippen LogP contribution in [0.25, 0.3) is 16.2 Å². The van der Waals surface area contributed by atoms with Gasteiger partial charge >= 0.3 is 0 Å². The van der Waals surface area contributed by atoms with E-state index >= 15 is 0 Å². The van der Waals surface area contributed by atoms with Gasteiger partial charge in [-0.3, -0.25) is 4.79 Å². The smallest absolute Gasteiger partial charge is 0.261 e. The third-order valence-corrected chi connectivity index (χ3v) is 4.21. The molecule has 2 rings (SSSR count). The second-order valence-electron chi connectivity index (χ2n) is 4.81. The molecule has 0 aliphatic carbocycles. The normalized spacial score (nSPS) is 11.4. The Morgan fingerprint density at radius 3 is 3.04 bits per heavy atom. The van der Waals surface area contributed by atoms with E-state index in [1.54, 1.807) is 24.3 Å². The fraction of sp³-hybridized carbons (Fsp3) is 0.294. The number of ether oxygens (including phenoxy) is 1. The number of phenols is 1. The lowest BCUT2D eigenvalue weighted by Gasteiger charge is -2.04. The number of benzene rings is 1. The Morgan fingerprint density at radius 1 is 1.52 bits per heavy atom. The van der Waals surface area contributed by atoms with Gasteiger partial charge < -0.3 is 15.2 Å². The van der Waals surface area contributed by atoms with Crippen molar-refractivity contribution in [3.63, 3.8) is 0 Å². The monoisotopic (exact) mass is 330 g/mol. The highest BCUT2D eigenvalue weighted by Gasteiger charge is 2.10. The van der Waals surface area contributed by atoms with Gasteiger partial charge in [-0.25, -0.2) is 0 Å². The Bertz CT molecular complexity index is 759. The van der Waals surface area contributed by atoms with Gasteiger partial charge in [0.05, 0.1) is 0 Å². The number of aromatic hydroxyl groups is 1. The molecule has 23 heavy (non-hydrogen) atoms. The molecule has 6 heteroatoms. The van der Waals surface area contributed by atoms with E-state index in [-0.39, 0.29) is 11.3 Å². The number of fused-ring (bicyclic) bond motifs is 1. The summed E-state index contributed by atoms with van der Waals surface area (Å²) in [6.45, 7) is 3.61. The summed E-state index contributed by atoms with van der Waals surface area (Å²) in [5.41, 5.74) is 0.0486. The summed E-state index contributed by atoms with van der Waals surface area (Å²) in [7, 11) is 0. The van der Waals surface area contributed by atoms with E-state index in [4.69, 9.17) is 4.74 Å². The topological polar surface area (TPSA) is 82.3 Å². The predicted molar refractivity (Wildman–Crippen MR) is 91.2 cm³/mol. The minimum absolute atomic E-state index is 0.0486. The molecule has 1 heterocycles. The highest BCUT2D eigenvalue weighted by atomic mass is 32.1. The first kappa shape index (κ1) is 17.0. The molecule has 0 unspecified atom stereocenters. The van der Waals surface area contributed by atoms with Crippen molar-refractivity contribution < 1.29 is 14.6 Å². The van der Waals surface area contributed by atoms with Crippen LogP contribution < -0.4 is 5.32 Å². The minimum Gasteiger partial charge on any atom is -0.507 e. The lowest BCUT2D eigenvalue weighted by Crippen LogP contribution is -2.26. The van der Waals surface area contributed by atoms with Gasteiger partial charge in [-0.2, -0.15) is 5.26 Å². The number of hydrogen-bond donors (Lipinski definition) is 2. The van der Waals surface area contributed by atoms with Crippen molar-refractivity contribution >= 4 is 33.4 Å². The van der Waals surface area contributed by atoms with Crippen LogP contribution in [0.2, 0.25) is 0 Å². The van der Waals surface area contributed by atoms with Gasteiger partial charge in [0.25, 0.3) is 5.91 Å². The molecule has 1 amide bonds. The summed E-state index contributed by atoms with van der Waals surface area (Å²) in [6, 6.07) is 8.95. The maximum atomic E-state index is 12.0. The van der Waals surface area contributed by atoms with E-state index in [0.717, 1.165) is 15.0 Å². The highest BCUT2D eigenvalue weighted by Crippen LogP contribution is 2.32. The molecule has 0 saturated carbocycles. The number of nitrogens with one attached hydrogen (secondary N) is 1. The number of carbonyl (C=O) groups is 1. The van der Waals surface area contributed by atoms with E-state index < -0.39 is 5.91 Å². The van der Waals surface area contributed by atoms with Crippen LogP contribution in [0.15, 0.2) is 29.8 Å². The lowest BCUT2D eigenvalue weighted by atomic mass is 10.2. The number of hydrogen-bond acceptors (Lipinski definition) is 5. The van der Waals surface area contributed by atoms with Crippen molar-refractivity contribution in [1.82, 2.24) is 5.32 Å². The number of nitrogens with zero attached hydrogens (tertiary/aromatic N) is 1. The second-order valence-corrected chi connectivity index (χ2v) is 5.93. The fourth-order valence-corrected chi connectivity index (χ4v) is 3.07. The van der Waals surface area contributed by atoms with Gasteiger partial charge in [0.15, 0.2) is 0 Å². The minimum atomic E-state index is -0.398. The standard InChI is InChI=1S/C17H18N2O3S/c1-2-22-8-4-7-19-17(21)12(11-18)9-13-10-14-15(20)5-3-6-16(14)23-13/h3,5-6,9-10,20H,2,4,7-8H2,1H3,(H,19,21). The van der Waals surface area contributed by atoms with Crippen LogP contribution in [0.4, 0.5) is 0 Å². The molecule has 120 valence electrons. The first-order valence-corrected chi connectivity index (χ1v) is 8.16. The largest absolute Gasteiger partial charge is 0.507 e. The second kappa shape index (κ2) is 8.32. The van der Waals surface area contributed by atoms with Crippen LogP contribution in [0.3, 0.4) is 0 Å². The molecule has 0 aliphatic heterocycles. The Labute approximate surface area is 138 Å². The molecule has 1 aromatic carbocycles. The number of amides is 1. The van der Waals surface area contributed by atoms with Gasteiger partial charge in [-0.15, -0.1) is 11.3 Å². The number of thiophene rings is 1. The molecule has 0 radical (unpaired) electrons.